The van der Waals surface area contributed by atoms with Crippen molar-refractivity contribution in [2.24, 2.45) is 11.7 Å². The molecule has 0 aliphatic rings. The Morgan fingerprint density at radius 1 is 1.50 bits per heavy atom. The van der Waals surface area contributed by atoms with Gasteiger partial charge in [0, 0.05) is 6.42 Å². The molecule has 0 aromatic carbocycles. The maximum atomic E-state index is 11.5. The van der Waals surface area contributed by atoms with Crippen molar-refractivity contribution in [3.05, 3.63) is 0 Å². The van der Waals surface area contributed by atoms with Crippen LogP contribution in [0, 0.1) is 5.92 Å². The predicted molar refractivity (Wildman–Crippen MR) is 52.0 cm³/mol. The molecule has 0 radical (unpaired) electrons. The molecule has 0 saturated heterocycles. The van der Waals surface area contributed by atoms with Crippen LogP contribution in [0.3, 0.4) is 0 Å². The van der Waals surface area contributed by atoms with Gasteiger partial charge in [0.1, 0.15) is 0 Å². The summed E-state index contributed by atoms with van der Waals surface area (Å²) in [5, 5.41) is 0. The van der Waals surface area contributed by atoms with Gasteiger partial charge in [-0.05, 0) is 19.3 Å². The average Bonchev–Trinajstić information content (AvgIpc) is 2.04. The summed E-state index contributed by atoms with van der Waals surface area (Å²) in [6.07, 6.45) is 2.39. The number of hydrogen-bond acceptors (Lipinski definition) is 2. The van der Waals surface area contributed by atoms with E-state index >= 15 is 0 Å². The zero-order valence-electron chi connectivity index (χ0n) is 8.68. The van der Waals surface area contributed by atoms with Crippen molar-refractivity contribution < 1.29 is 4.79 Å². The molecule has 2 nitrogen and oxygen atoms in total. The molecule has 0 rings (SSSR count). The van der Waals surface area contributed by atoms with Gasteiger partial charge in [-0.1, -0.05) is 27.2 Å². The van der Waals surface area contributed by atoms with Gasteiger partial charge >= 0.3 is 0 Å². The molecule has 2 atom stereocenters. The molecule has 2 heteroatoms. The van der Waals surface area contributed by atoms with Crippen LogP contribution in [-0.4, -0.2) is 11.3 Å². The Kier molecular flexibility index (Phi) is 4.46. The summed E-state index contributed by atoms with van der Waals surface area (Å²) >= 11 is 0. The van der Waals surface area contributed by atoms with Crippen LogP contribution >= 0.6 is 0 Å². The van der Waals surface area contributed by atoms with E-state index in [0.29, 0.717) is 12.3 Å². The zero-order valence-corrected chi connectivity index (χ0v) is 8.68. The first-order valence-corrected chi connectivity index (χ1v) is 4.76. The standard InChI is InChI=1S/C10H21NO/c1-5-8(3)7-9(12)10(4,11)6-2/h8H,5-7,11H2,1-4H3. The van der Waals surface area contributed by atoms with E-state index in [1.807, 2.05) is 13.8 Å². The highest BCUT2D eigenvalue weighted by atomic mass is 16.1. The SMILES string of the molecule is CCC(C)CC(=O)C(C)(N)CC. The molecule has 0 saturated carbocycles. The van der Waals surface area contributed by atoms with Crippen molar-refractivity contribution in [2.45, 2.75) is 52.5 Å². The summed E-state index contributed by atoms with van der Waals surface area (Å²) in [5.41, 5.74) is 5.21. The van der Waals surface area contributed by atoms with Gasteiger partial charge in [-0.25, -0.2) is 0 Å². The Balaban J connectivity index is 4.03. The fourth-order valence-corrected chi connectivity index (χ4v) is 0.891. The van der Waals surface area contributed by atoms with Crippen LogP contribution in [0.15, 0.2) is 0 Å². The molecule has 0 spiro atoms. The third-order valence-corrected chi connectivity index (χ3v) is 2.60. The van der Waals surface area contributed by atoms with Crippen LogP contribution < -0.4 is 5.73 Å². The van der Waals surface area contributed by atoms with E-state index in [1.54, 1.807) is 0 Å². The number of hydrogen-bond donors (Lipinski definition) is 1. The van der Waals surface area contributed by atoms with Gasteiger partial charge in [0.05, 0.1) is 5.54 Å². The van der Waals surface area contributed by atoms with Crippen molar-refractivity contribution in [3.8, 4) is 0 Å². The summed E-state index contributed by atoms with van der Waals surface area (Å²) in [6.45, 7) is 7.95. The molecular formula is C10H21NO. The molecule has 0 aromatic heterocycles. The molecule has 0 fully saturated rings. The molecule has 0 aliphatic heterocycles. The Morgan fingerprint density at radius 3 is 2.33 bits per heavy atom. The van der Waals surface area contributed by atoms with E-state index in [0.717, 1.165) is 12.8 Å². The monoisotopic (exact) mass is 171 g/mol. The smallest absolute Gasteiger partial charge is 0.152 e. The topological polar surface area (TPSA) is 43.1 Å². The number of ketones is 1. The quantitative estimate of drug-likeness (QED) is 0.688. The van der Waals surface area contributed by atoms with E-state index in [2.05, 4.69) is 13.8 Å². The summed E-state index contributed by atoms with van der Waals surface area (Å²) < 4.78 is 0. The lowest BCUT2D eigenvalue weighted by molar-refractivity contribution is -0.124. The van der Waals surface area contributed by atoms with Crippen molar-refractivity contribution in [1.29, 1.82) is 0 Å². The number of carbonyl (C=O) groups is 1. The van der Waals surface area contributed by atoms with Crippen LogP contribution in [0.1, 0.15) is 47.0 Å². The minimum absolute atomic E-state index is 0.194. The van der Waals surface area contributed by atoms with Gasteiger partial charge in [-0.2, -0.15) is 0 Å². The number of rotatable bonds is 5. The van der Waals surface area contributed by atoms with Gasteiger partial charge in [0.2, 0.25) is 0 Å². The second-order valence-corrected chi connectivity index (χ2v) is 3.91. The molecule has 0 heterocycles. The fraction of sp³-hybridized carbons (Fsp3) is 0.900. The number of carbonyl (C=O) groups excluding carboxylic acids is 1. The second-order valence-electron chi connectivity index (χ2n) is 3.91. The summed E-state index contributed by atoms with van der Waals surface area (Å²) in [4.78, 5) is 11.5. The van der Waals surface area contributed by atoms with Crippen molar-refractivity contribution in [2.75, 3.05) is 0 Å². The molecule has 2 unspecified atom stereocenters. The summed E-state index contributed by atoms with van der Waals surface area (Å²) in [6, 6.07) is 0. The lowest BCUT2D eigenvalue weighted by Gasteiger charge is -2.22. The van der Waals surface area contributed by atoms with Gasteiger partial charge in [0.25, 0.3) is 0 Å². The maximum Gasteiger partial charge on any atom is 0.152 e. The third-order valence-electron chi connectivity index (χ3n) is 2.60. The van der Waals surface area contributed by atoms with Gasteiger partial charge in [-0.15, -0.1) is 0 Å². The van der Waals surface area contributed by atoms with Crippen LogP contribution in [0.25, 0.3) is 0 Å². The van der Waals surface area contributed by atoms with E-state index in [9.17, 15) is 4.79 Å². The van der Waals surface area contributed by atoms with Crippen LogP contribution in [0.4, 0.5) is 0 Å². The second kappa shape index (κ2) is 4.61. The predicted octanol–water partition coefficient (Wildman–Crippen LogP) is 2.12. The van der Waals surface area contributed by atoms with Gasteiger partial charge < -0.3 is 5.73 Å². The molecule has 0 amide bonds. The molecular weight excluding hydrogens is 150 g/mol. The zero-order chi connectivity index (χ0) is 9.78. The number of Topliss-reactive ketones (excluding diaryl/α,β-unsaturated/α-hetero) is 1. The first-order valence-electron chi connectivity index (χ1n) is 4.76. The van der Waals surface area contributed by atoms with Crippen molar-refractivity contribution in [1.82, 2.24) is 0 Å². The maximum absolute atomic E-state index is 11.5. The first-order chi connectivity index (χ1) is 5.44. The highest BCUT2D eigenvalue weighted by Gasteiger charge is 2.26. The Hall–Kier alpha value is -0.370. The normalized spacial score (nSPS) is 18.4. The van der Waals surface area contributed by atoms with Crippen LogP contribution in [-0.2, 0) is 4.79 Å². The summed E-state index contributed by atoms with van der Waals surface area (Å²) in [5.74, 6) is 0.659. The fourth-order valence-electron chi connectivity index (χ4n) is 0.891. The highest BCUT2D eigenvalue weighted by Crippen LogP contribution is 2.15. The molecule has 12 heavy (non-hydrogen) atoms. The molecule has 0 bridgehead atoms. The Morgan fingerprint density at radius 2 is 2.00 bits per heavy atom. The van der Waals surface area contributed by atoms with E-state index in [1.165, 1.54) is 0 Å². The average molecular weight is 171 g/mol. The Bertz CT molecular complexity index is 152. The van der Waals surface area contributed by atoms with Gasteiger partial charge in [0.15, 0.2) is 5.78 Å². The lowest BCUT2D eigenvalue weighted by atomic mass is 9.88. The van der Waals surface area contributed by atoms with Crippen molar-refractivity contribution >= 4 is 5.78 Å². The van der Waals surface area contributed by atoms with E-state index < -0.39 is 5.54 Å². The molecule has 2 N–H and O–H groups in total. The molecule has 0 aromatic rings. The third kappa shape index (κ3) is 3.35. The minimum Gasteiger partial charge on any atom is -0.319 e. The van der Waals surface area contributed by atoms with E-state index in [4.69, 9.17) is 5.73 Å². The number of nitrogens with two attached hydrogens (primary N) is 1. The first kappa shape index (κ1) is 11.6. The largest absolute Gasteiger partial charge is 0.319 e. The van der Waals surface area contributed by atoms with Crippen molar-refractivity contribution in [3.63, 3.8) is 0 Å². The molecule has 72 valence electrons. The van der Waals surface area contributed by atoms with Gasteiger partial charge in [-0.3, -0.25) is 4.79 Å². The van der Waals surface area contributed by atoms with Crippen LogP contribution in [0.2, 0.25) is 0 Å². The minimum atomic E-state index is -0.608. The van der Waals surface area contributed by atoms with E-state index in [-0.39, 0.29) is 5.78 Å². The van der Waals surface area contributed by atoms with Crippen LogP contribution in [0.5, 0.6) is 0 Å². The summed E-state index contributed by atoms with van der Waals surface area (Å²) in [7, 11) is 0. The highest BCUT2D eigenvalue weighted by molar-refractivity contribution is 5.87. The Labute approximate surface area is 75.5 Å². The lowest BCUT2D eigenvalue weighted by Crippen LogP contribution is -2.44. The molecule has 0 aliphatic carbocycles.